The van der Waals surface area contributed by atoms with E-state index in [4.69, 9.17) is 58.1 Å². The lowest BCUT2D eigenvalue weighted by atomic mass is 9.94. The maximum absolute atomic E-state index is 7.16. The fraction of sp³-hybridized carbons (Fsp3) is 0. The minimum Gasteiger partial charge on any atom is -0.455 e. The molecule has 0 saturated carbocycles. The third-order valence-electron chi connectivity index (χ3n) is 28.5. The number of fused-ring (bicyclic) bond motifs is 15. The average Bonchev–Trinajstić information content (AvgIpc) is 1.41. The first kappa shape index (κ1) is 85.1. The minimum absolute atomic E-state index is 0.529. The number of aromatic nitrogens is 9. The highest BCUT2D eigenvalue weighted by Crippen LogP contribution is 2.48. The maximum atomic E-state index is 7.16. The first-order chi connectivity index (χ1) is 72.8. The molecular weight excluding hydrogens is 1800 g/mol. The van der Waals surface area contributed by atoms with Crippen LogP contribution >= 0.6 is 0 Å². The lowest BCUT2D eigenvalue weighted by molar-refractivity contribution is 0.672. The summed E-state index contributed by atoms with van der Waals surface area (Å²) in [5.41, 5.74) is 32.2. The van der Waals surface area contributed by atoms with Gasteiger partial charge in [-0.25, -0.2) is 44.9 Å². The maximum Gasteiger partial charge on any atom is 0.164 e. The average molecular weight is 1880 g/mol. The van der Waals surface area contributed by atoms with E-state index in [0.29, 0.717) is 52.4 Å². The second-order valence-electron chi connectivity index (χ2n) is 37.3. The third-order valence-corrected chi connectivity index (χ3v) is 28.5. The van der Waals surface area contributed by atoms with Gasteiger partial charge in [-0.3, -0.25) is 0 Å². The monoisotopic (exact) mass is 1880 g/mol. The summed E-state index contributed by atoms with van der Waals surface area (Å²) < 4.78 is 20.3. The van der Waals surface area contributed by atoms with Crippen molar-refractivity contribution in [1.29, 1.82) is 0 Å². The van der Waals surface area contributed by atoms with Crippen LogP contribution in [-0.4, -0.2) is 44.9 Å². The van der Waals surface area contributed by atoms with E-state index in [0.717, 1.165) is 248 Å². The fourth-order valence-corrected chi connectivity index (χ4v) is 21.2. The van der Waals surface area contributed by atoms with E-state index < -0.39 is 0 Å². The molecule has 0 atom stereocenters. The molecule has 0 aliphatic heterocycles. The van der Waals surface area contributed by atoms with Gasteiger partial charge in [-0.05, 0) is 189 Å². The van der Waals surface area contributed by atoms with Crippen LogP contribution in [0.2, 0.25) is 0 Å². The highest BCUT2D eigenvalue weighted by atomic mass is 16.3. The summed E-state index contributed by atoms with van der Waals surface area (Å²) >= 11 is 0. The Labute approximate surface area is 844 Å². The molecule has 684 valence electrons. The Bertz CT molecular complexity index is 10100. The van der Waals surface area contributed by atoms with E-state index in [1.165, 1.54) is 0 Å². The van der Waals surface area contributed by atoms with Crippen LogP contribution < -0.4 is 0 Å². The van der Waals surface area contributed by atoms with Crippen molar-refractivity contribution in [2.45, 2.75) is 0 Å². The lowest BCUT2D eigenvalue weighted by Gasteiger charge is -2.12. The number of hydrogen-bond acceptors (Lipinski definition) is 12. The summed E-state index contributed by atoms with van der Waals surface area (Å²) in [6.45, 7) is 0. The second kappa shape index (κ2) is 35.7. The van der Waals surface area contributed by atoms with Crippen LogP contribution in [0.4, 0.5) is 0 Å². The molecule has 0 spiro atoms. The Kier molecular flexibility index (Phi) is 20.6. The van der Waals surface area contributed by atoms with E-state index in [1.807, 2.05) is 91.0 Å². The standard InChI is InChI=1S/C135H81N9O3/c1-4-24-82(25-5-1)83-58-64-92(65-59-83)130-137-131(142-133(141-130)106-43-19-40-103(81-106)108-47-20-30-88-70-72-115-112-45-11-13-52-119(112)146-125(115)121(88)108)94-68-62-87(63-69-94)97-34-16-39-102(78-97)109-48-23-53-120-123(109)116-73-71-89-31-21-50-117(122(89)126(116)147-120)135-143-128(91-28-8-3-9-29-91)139-134(144-135)104-41-17-35-98(79-104)85-56-54-84(55-57-85)95-32-14-36-99(76-95)100-37-15-33-96(77-100)86-60-66-93(67-61-86)129-136-127(90-26-6-2-7-27-90)138-132(140-129)105-42-18-38-101(80-105)107-46-22-49-113-110(107)74-75-114-111-44-10-12-51-118(111)145-124(113)114/h1-81H. The molecule has 6 heterocycles. The van der Waals surface area contributed by atoms with Gasteiger partial charge in [-0.1, -0.05) is 419 Å². The Morgan fingerprint density at radius 3 is 0.823 bits per heavy atom. The minimum atomic E-state index is 0.529. The smallest absolute Gasteiger partial charge is 0.164 e. The molecule has 0 unspecified atom stereocenters. The Balaban J connectivity index is 0.450. The highest BCUT2D eigenvalue weighted by molar-refractivity contribution is 6.23. The summed E-state index contributed by atoms with van der Waals surface area (Å²) in [5.74, 6) is 5.10. The van der Waals surface area contributed by atoms with Crippen LogP contribution in [0, 0.1) is 0 Å². The molecule has 28 rings (SSSR count). The molecule has 0 bridgehead atoms. The van der Waals surface area contributed by atoms with Crippen LogP contribution in [0.5, 0.6) is 0 Å². The molecular formula is C135H81N9O3. The first-order valence-corrected chi connectivity index (χ1v) is 49.3. The zero-order valence-corrected chi connectivity index (χ0v) is 79.0. The van der Waals surface area contributed by atoms with Gasteiger partial charge >= 0.3 is 0 Å². The van der Waals surface area contributed by atoms with Gasteiger partial charge in [-0.2, -0.15) is 0 Å². The molecule has 22 aromatic carbocycles. The molecule has 0 fully saturated rings. The Hall–Kier alpha value is -20.0. The molecule has 0 aliphatic rings. The third kappa shape index (κ3) is 15.6. The zero-order chi connectivity index (χ0) is 96.9. The SMILES string of the molecule is c1ccc(-c2ccc(-c3nc(-c4ccc(-c5cccc(-c6cccc7oc8c(ccc9cccc(-c%10nc(-c%11ccccc%11)nc(-c%11cccc(-c%12ccc(-c%13cccc(-c%14cccc(-c%15ccc(-c%16nc(-c%17ccccc%17)nc(-c%17cccc(-c%18cccc%19c%18ccc%18c%20ccccc%20oc%19%18)c%17)n%16)cc%15)c%14)c%13)cc%12)c%11)n%10)c98)c67)c5)cc4)nc(-c4cccc(-c5cccc6ccc7c8ccccc8oc7c56)c4)n3)cc2)cc1. The van der Waals surface area contributed by atoms with Gasteiger partial charge in [0, 0.05) is 98.5 Å². The molecule has 12 heteroatoms. The number of rotatable bonds is 18. The van der Waals surface area contributed by atoms with Crippen molar-refractivity contribution in [3.05, 3.63) is 491 Å². The lowest BCUT2D eigenvalue weighted by Crippen LogP contribution is -2.00. The van der Waals surface area contributed by atoms with E-state index in [1.54, 1.807) is 0 Å². The quantitative estimate of drug-likeness (QED) is 0.0803. The van der Waals surface area contributed by atoms with Crippen molar-refractivity contribution in [3.8, 4) is 203 Å². The number of para-hydroxylation sites is 2. The van der Waals surface area contributed by atoms with Crippen LogP contribution in [0.1, 0.15) is 0 Å². The molecule has 12 nitrogen and oxygen atoms in total. The van der Waals surface area contributed by atoms with Crippen LogP contribution in [0.15, 0.2) is 505 Å². The van der Waals surface area contributed by atoms with Gasteiger partial charge in [0.1, 0.15) is 33.5 Å². The van der Waals surface area contributed by atoms with Crippen LogP contribution in [-0.2, 0) is 0 Å². The number of hydrogen-bond donors (Lipinski definition) is 0. The van der Waals surface area contributed by atoms with Gasteiger partial charge in [0.2, 0.25) is 0 Å². The first-order valence-electron chi connectivity index (χ1n) is 49.3. The van der Waals surface area contributed by atoms with Gasteiger partial charge in [0.15, 0.2) is 52.4 Å². The summed E-state index contributed by atoms with van der Waals surface area (Å²) in [5, 5.41) is 12.6. The molecule has 0 radical (unpaired) electrons. The second-order valence-corrected chi connectivity index (χ2v) is 37.3. The molecule has 6 aromatic heterocycles. The van der Waals surface area contributed by atoms with Gasteiger partial charge in [0.25, 0.3) is 0 Å². The van der Waals surface area contributed by atoms with Gasteiger partial charge in [0.05, 0.1) is 0 Å². The van der Waals surface area contributed by atoms with Crippen molar-refractivity contribution < 1.29 is 13.3 Å². The fourth-order valence-electron chi connectivity index (χ4n) is 21.2. The van der Waals surface area contributed by atoms with Crippen LogP contribution in [0.25, 0.3) is 301 Å². The topological polar surface area (TPSA) is 155 Å². The zero-order valence-electron chi connectivity index (χ0n) is 79.0. The largest absolute Gasteiger partial charge is 0.455 e. The predicted molar refractivity (Wildman–Crippen MR) is 599 cm³/mol. The summed E-state index contributed by atoms with van der Waals surface area (Å²) in [6.07, 6.45) is 0. The number of benzene rings is 22. The van der Waals surface area contributed by atoms with Crippen molar-refractivity contribution in [3.63, 3.8) is 0 Å². The van der Waals surface area contributed by atoms with Gasteiger partial charge < -0.3 is 13.3 Å². The molecule has 147 heavy (non-hydrogen) atoms. The van der Waals surface area contributed by atoms with E-state index >= 15 is 0 Å². The molecule has 28 aromatic rings. The summed E-state index contributed by atoms with van der Waals surface area (Å²) in [4.78, 5) is 47.4. The molecule has 0 amide bonds. The molecule has 0 aliphatic carbocycles. The predicted octanol–water partition coefficient (Wildman–Crippen LogP) is 35.4. The summed E-state index contributed by atoms with van der Waals surface area (Å²) in [7, 11) is 0. The van der Waals surface area contributed by atoms with Gasteiger partial charge in [-0.15, -0.1) is 0 Å². The normalized spacial score (nSPS) is 11.7. The Morgan fingerprint density at radius 1 is 0.116 bits per heavy atom. The molecule has 0 saturated heterocycles. The van der Waals surface area contributed by atoms with Crippen molar-refractivity contribution in [2.24, 2.45) is 0 Å². The highest BCUT2D eigenvalue weighted by Gasteiger charge is 2.26. The van der Waals surface area contributed by atoms with E-state index in [-0.39, 0.29) is 0 Å². The van der Waals surface area contributed by atoms with Crippen molar-refractivity contribution >= 4 is 98.1 Å². The van der Waals surface area contributed by atoms with E-state index in [9.17, 15) is 0 Å². The number of furan rings is 3. The van der Waals surface area contributed by atoms with Crippen molar-refractivity contribution in [2.75, 3.05) is 0 Å². The van der Waals surface area contributed by atoms with E-state index in [2.05, 4.69) is 400 Å². The number of nitrogens with zero attached hydrogens (tertiary/aromatic N) is 9. The Morgan fingerprint density at radius 2 is 0.354 bits per heavy atom. The van der Waals surface area contributed by atoms with Crippen molar-refractivity contribution in [1.82, 2.24) is 44.9 Å². The van der Waals surface area contributed by atoms with Crippen LogP contribution in [0.3, 0.4) is 0 Å². The summed E-state index contributed by atoms with van der Waals surface area (Å²) in [6, 6.07) is 172. The molecule has 0 N–H and O–H groups in total.